The minimum atomic E-state index is -0.223. The third-order valence-corrected chi connectivity index (χ3v) is 3.88. The summed E-state index contributed by atoms with van der Waals surface area (Å²) in [6, 6.07) is 6.51. The predicted molar refractivity (Wildman–Crippen MR) is 63.1 cm³/mol. The van der Waals surface area contributed by atoms with E-state index in [4.69, 9.17) is 0 Å². The first-order chi connectivity index (χ1) is 7.16. The summed E-state index contributed by atoms with van der Waals surface area (Å²) in [5, 5.41) is 1.82. The van der Waals surface area contributed by atoms with E-state index in [1.807, 2.05) is 11.1 Å². The van der Waals surface area contributed by atoms with Gasteiger partial charge in [0.2, 0.25) is 0 Å². The topological polar surface area (TPSA) is 27.3 Å². The van der Waals surface area contributed by atoms with Crippen molar-refractivity contribution in [2.75, 3.05) is 0 Å². The van der Waals surface area contributed by atoms with Gasteiger partial charge in [-0.25, -0.2) is 4.39 Å². The molecule has 0 bridgehead atoms. The molecule has 0 saturated heterocycles. The standard InChI is InChI=1S/C9H8Br2FN3/c10-8-9(11)15(14-13-8)5-6-2-1-3-7(12)4-6/h1-4,13-14H,5H2. The lowest BCUT2D eigenvalue weighted by Gasteiger charge is -2.17. The molecule has 0 fully saturated rings. The third-order valence-electron chi connectivity index (χ3n) is 1.95. The zero-order valence-electron chi connectivity index (χ0n) is 7.60. The normalized spacial score (nSPS) is 15.8. The Kier molecular flexibility index (Phi) is 3.28. The molecule has 3 nitrogen and oxygen atoms in total. The Morgan fingerprint density at radius 3 is 2.73 bits per heavy atom. The molecule has 0 aliphatic carbocycles. The van der Waals surface area contributed by atoms with Crippen LogP contribution in [-0.2, 0) is 6.54 Å². The molecule has 0 amide bonds. The van der Waals surface area contributed by atoms with Gasteiger partial charge in [0, 0.05) is 0 Å². The van der Waals surface area contributed by atoms with Crippen molar-refractivity contribution in [2.45, 2.75) is 6.54 Å². The summed E-state index contributed by atoms with van der Waals surface area (Å²) >= 11 is 6.70. The van der Waals surface area contributed by atoms with Gasteiger partial charge in [0.1, 0.15) is 15.0 Å². The van der Waals surface area contributed by atoms with Crippen molar-refractivity contribution in [3.63, 3.8) is 0 Å². The van der Waals surface area contributed by atoms with E-state index in [-0.39, 0.29) is 5.82 Å². The lowest BCUT2D eigenvalue weighted by atomic mass is 10.2. The summed E-state index contributed by atoms with van der Waals surface area (Å²) in [5.41, 5.74) is 6.69. The van der Waals surface area contributed by atoms with E-state index < -0.39 is 0 Å². The van der Waals surface area contributed by atoms with Gasteiger partial charge >= 0.3 is 0 Å². The van der Waals surface area contributed by atoms with Gasteiger partial charge in [0.05, 0.1) is 6.54 Å². The van der Waals surface area contributed by atoms with E-state index in [1.54, 1.807) is 6.07 Å². The summed E-state index contributed by atoms with van der Waals surface area (Å²) in [4.78, 5) is 0. The summed E-state index contributed by atoms with van der Waals surface area (Å²) in [7, 11) is 0. The molecule has 2 N–H and O–H groups in total. The molecule has 15 heavy (non-hydrogen) atoms. The van der Waals surface area contributed by atoms with Crippen molar-refractivity contribution >= 4 is 31.9 Å². The molecule has 0 spiro atoms. The van der Waals surface area contributed by atoms with Crippen LogP contribution in [0.4, 0.5) is 4.39 Å². The van der Waals surface area contributed by atoms with Crippen molar-refractivity contribution < 1.29 is 4.39 Å². The number of hydrogen-bond donors (Lipinski definition) is 2. The van der Waals surface area contributed by atoms with Gasteiger partial charge in [-0.2, -0.15) is 0 Å². The van der Waals surface area contributed by atoms with Gasteiger partial charge < -0.3 is 0 Å². The Bertz CT molecular complexity index is 408. The molecule has 1 heterocycles. The SMILES string of the molecule is Fc1cccc(CN2NNC(Br)=C2Br)c1. The van der Waals surface area contributed by atoms with E-state index in [0.29, 0.717) is 6.54 Å². The van der Waals surface area contributed by atoms with E-state index in [9.17, 15) is 4.39 Å². The van der Waals surface area contributed by atoms with E-state index >= 15 is 0 Å². The van der Waals surface area contributed by atoms with Crippen LogP contribution in [0.3, 0.4) is 0 Å². The molecule has 0 unspecified atom stereocenters. The third kappa shape index (κ3) is 2.50. The zero-order chi connectivity index (χ0) is 10.8. The first kappa shape index (κ1) is 10.9. The molecule has 1 aromatic rings. The minimum absolute atomic E-state index is 0.223. The highest BCUT2D eigenvalue weighted by Crippen LogP contribution is 2.23. The molecular formula is C9H8Br2FN3. The highest BCUT2D eigenvalue weighted by Gasteiger charge is 2.17. The van der Waals surface area contributed by atoms with Gasteiger partial charge in [-0.1, -0.05) is 12.1 Å². The molecule has 0 radical (unpaired) electrons. The molecule has 1 aliphatic heterocycles. The van der Waals surface area contributed by atoms with Gasteiger partial charge in [-0.3, -0.25) is 10.4 Å². The monoisotopic (exact) mass is 335 g/mol. The summed E-state index contributed by atoms with van der Waals surface area (Å²) in [6.45, 7) is 0.570. The number of benzene rings is 1. The summed E-state index contributed by atoms with van der Waals surface area (Å²) in [5.74, 6) is -0.223. The van der Waals surface area contributed by atoms with Crippen molar-refractivity contribution in [1.82, 2.24) is 16.0 Å². The maximum Gasteiger partial charge on any atom is 0.129 e. The maximum absolute atomic E-state index is 12.9. The lowest BCUT2D eigenvalue weighted by Crippen LogP contribution is -2.36. The molecule has 1 aromatic carbocycles. The number of halogens is 3. The van der Waals surface area contributed by atoms with Crippen LogP contribution >= 0.6 is 31.9 Å². The van der Waals surface area contributed by atoms with Crippen molar-refractivity contribution in [3.8, 4) is 0 Å². The zero-order valence-corrected chi connectivity index (χ0v) is 10.8. The van der Waals surface area contributed by atoms with E-state index in [1.165, 1.54) is 12.1 Å². The Labute approximate surface area is 104 Å². The summed E-state index contributed by atoms with van der Waals surface area (Å²) in [6.07, 6.45) is 0. The average Bonchev–Trinajstić information content (AvgIpc) is 2.50. The number of hydrazine groups is 2. The van der Waals surface area contributed by atoms with Crippen LogP contribution in [0.25, 0.3) is 0 Å². The van der Waals surface area contributed by atoms with Crippen LogP contribution in [0.2, 0.25) is 0 Å². The molecule has 0 aromatic heterocycles. The first-order valence-corrected chi connectivity index (χ1v) is 5.84. The minimum Gasteiger partial charge on any atom is -0.295 e. The number of hydrogen-bond acceptors (Lipinski definition) is 3. The smallest absolute Gasteiger partial charge is 0.129 e. The molecular weight excluding hydrogens is 329 g/mol. The van der Waals surface area contributed by atoms with Gasteiger partial charge in [-0.15, -0.1) is 5.53 Å². The summed E-state index contributed by atoms with van der Waals surface area (Å²) < 4.78 is 14.6. The van der Waals surface area contributed by atoms with E-state index in [0.717, 1.165) is 14.8 Å². The Balaban J connectivity index is 2.10. The fraction of sp³-hybridized carbons (Fsp3) is 0.111. The van der Waals surface area contributed by atoms with Crippen molar-refractivity contribution in [3.05, 3.63) is 44.9 Å². The van der Waals surface area contributed by atoms with Crippen LogP contribution in [0, 0.1) is 5.82 Å². The van der Waals surface area contributed by atoms with Crippen molar-refractivity contribution in [1.29, 1.82) is 0 Å². The van der Waals surface area contributed by atoms with Crippen molar-refractivity contribution in [2.24, 2.45) is 0 Å². The molecule has 0 atom stereocenters. The van der Waals surface area contributed by atoms with E-state index in [2.05, 4.69) is 42.8 Å². The maximum atomic E-state index is 12.9. The fourth-order valence-electron chi connectivity index (χ4n) is 1.26. The number of nitrogens with one attached hydrogen (secondary N) is 2. The van der Waals surface area contributed by atoms with Crippen LogP contribution in [-0.4, -0.2) is 5.01 Å². The average molecular weight is 337 g/mol. The predicted octanol–water partition coefficient (Wildman–Crippen LogP) is 2.57. The van der Waals surface area contributed by atoms with Gasteiger partial charge in [-0.05, 0) is 49.6 Å². The first-order valence-electron chi connectivity index (χ1n) is 4.26. The van der Waals surface area contributed by atoms with Gasteiger partial charge in [0.15, 0.2) is 0 Å². The molecule has 6 heteroatoms. The Morgan fingerprint density at radius 2 is 2.13 bits per heavy atom. The van der Waals surface area contributed by atoms with Gasteiger partial charge in [0.25, 0.3) is 0 Å². The highest BCUT2D eigenvalue weighted by atomic mass is 79.9. The second kappa shape index (κ2) is 4.51. The molecule has 0 saturated carbocycles. The molecule has 1 aliphatic rings. The second-order valence-corrected chi connectivity index (χ2v) is 4.60. The van der Waals surface area contributed by atoms with Crippen LogP contribution in [0.1, 0.15) is 5.56 Å². The lowest BCUT2D eigenvalue weighted by molar-refractivity contribution is 0.259. The Morgan fingerprint density at radius 1 is 1.33 bits per heavy atom. The second-order valence-electron chi connectivity index (χ2n) is 3.06. The van der Waals surface area contributed by atoms with Crippen LogP contribution in [0.5, 0.6) is 0 Å². The van der Waals surface area contributed by atoms with Crippen LogP contribution in [0.15, 0.2) is 33.5 Å². The number of rotatable bonds is 2. The number of nitrogens with zero attached hydrogens (tertiary/aromatic N) is 1. The fourth-order valence-corrected chi connectivity index (χ4v) is 1.88. The highest BCUT2D eigenvalue weighted by molar-refractivity contribution is 9.14. The molecule has 2 rings (SSSR count). The molecule has 80 valence electrons. The Hall–Kier alpha value is -0.590. The largest absolute Gasteiger partial charge is 0.295 e. The quantitative estimate of drug-likeness (QED) is 0.813. The van der Waals surface area contributed by atoms with Crippen LogP contribution < -0.4 is 11.0 Å².